The third-order valence-corrected chi connectivity index (χ3v) is 6.82. The molecule has 8 heteroatoms. The van der Waals surface area contributed by atoms with Crippen molar-refractivity contribution in [1.29, 1.82) is 0 Å². The van der Waals surface area contributed by atoms with E-state index in [-0.39, 0.29) is 11.9 Å². The Morgan fingerprint density at radius 1 is 0.921 bits per heavy atom. The molecule has 2 aromatic carbocycles. The van der Waals surface area contributed by atoms with Crippen molar-refractivity contribution in [1.82, 2.24) is 34.4 Å². The molecule has 0 radical (unpaired) electrons. The zero-order chi connectivity index (χ0) is 26.1. The van der Waals surface area contributed by atoms with Gasteiger partial charge < -0.3 is 19.4 Å². The van der Waals surface area contributed by atoms with Crippen LogP contribution in [0.3, 0.4) is 0 Å². The van der Waals surface area contributed by atoms with Crippen LogP contribution in [0.25, 0.3) is 33.5 Å². The molecule has 6 aromatic rings. The SMILES string of the molecule is Cn1ccnc1-c1ccc(-c2cnc(C(Cc3ccccn3)NC(=O)c3cc4ccccc4[nH]3)n2C)cc1. The van der Waals surface area contributed by atoms with Gasteiger partial charge in [-0.05, 0) is 29.8 Å². The predicted octanol–water partition coefficient (Wildman–Crippen LogP) is 5.08. The number of carbonyl (C=O) groups is 1. The van der Waals surface area contributed by atoms with Gasteiger partial charge in [0.15, 0.2) is 0 Å². The molecule has 0 fully saturated rings. The molecule has 0 saturated heterocycles. The number of pyridine rings is 1. The van der Waals surface area contributed by atoms with Crippen LogP contribution < -0.4 is 5.32 Å². The van der Waals surface area contributed by atoms with Gasteiger partial charge in [0, 0.05) is 61.3 Å². The Bertz CT molecular complexity index is 1680. The van der Waals surface area contributed by atoms with Gasteiger partial charge in [0.25, 0.3) is 5.91 Å². The van der Waals surface area contributed by atoms with Crippen LogP contribution in [0.15, 0.2) is 97.6 Å². The van der Waals surface area contributed by atoms with E-state index in [0.717, 1.165) is 45.1 Å². The van der Waals surface area contributed by atoms with Crippen molar-refractivity contribution in [2.45, 2.75) is 12.5 Å². The van der Waals surface area contributed by atoms with Gasteiger partial charge in [-0.1, -0.05) is 48.5 Å². The van der Waals surface area contributed by atoms with E-state index < -0.39 is 0 Å². The molecule has 0 aliphatic rings. The Labute approximate surface area is 220 Å². The minimum atomic E-state index is -0.380. The highest BCUT2D eigenvalue weighted by atomic mass is 16.2. The summed E-state index contributed by atoms with van der Waals surface area (Å²) < 4.78 is 4.03. The number of hydrogen-bond donors (Lipinski definition) is 2. The van der Waals surface area contributed by atoms with Gasteiger partial charge in [-0.15, -0.1) is 0 Å². The van der Waals surface area contributed by atoms with Crippen molar-refractivity contribution in [3.8, 4) is 22.6 Å². The molecule has 0 aliphatic heterocycles. The number of nitrogens with one attached hydrogen (secondary N) is 2. The molecular weight excluding hydrogens is 474 g/mol. The number of aromatic nitrogens is 6. The highest BCUT2D eigenvalue weighted by molar-refractivity contribution is 5.98. The summed E-state index contributed by atoms with van der Waals surface area (Å²) in [6.07, 6.45) is 7.85. The number of hydrogen-bond acceptors (Lipinski definition) is 4. The van der Waals surface area contributed by atoms with Gasteiger partial charge in [0.1, 0.15) is 17.3 Å². The molecule has 1 amide bonds. The van der Waals surface area contributed by atoms with Crippen LogP contribution in [0.5, 0.6) is 0 Å². The van der Waals surface area contributed by atoms with E-state index in [0.29, 0.717) is 12.1 Å². The lowest BCUT2D eigenvalue weighted by Gasteiger charge is -2.19. The van der Waals surface area contributed by atoms with Crippen LogP contribution in [-0.4, -0.2) is 35.0 Å². The van der Waals surface area contributed by atoms with Gasteiger partial charge in [-0.3, -0.25) is 9.78 Å². The maximum Gasteiger partial charge on any atom is 0.268 e. The highest BCUT2D eigenvalue weighted by Gasteiger charge is 2.23. The number of aryl methyl sites for hydroxylation is 1. The molecule has 0 bridgehead atoms. The molecule has 8 nitrogen and oxygen atoms in total. The summed E-state index contributed by atoms with van der Waals surface area (Å²) in [6, 6.07) is 23.4. The molecule has 0 aliphatic carbocycles. The van der Waals surface area contributed by atoms with Crippen molar-refractivity contribution in [3.63, 3.8) is 0 Å². The Morgan fingerprint density at radius 3 is 2.45 bits per heavy atom. The number of imidazole rings is 2. The number of rotatable bonds is 7. The first kappa shape index (κ1) is 23.4. The van der Waals surface area contributed by atoms with Gasteiger partial charge in [-0.2, -0.15) is 0 Å². The van der Waals surface area contributed by atoms with E-state index in [9.17, 15) is 4.79 Å². The van der Waals surface area contributed by atoms with Gasteiger partial charge in [-0.25, -0.2) is 9.97 Å². The zero-order valence-corrected chi connectivity index (χ0v) is 21.2. The number of fused-ring (bicyclic) bond motifs is 1. The lowest BCUT2D eigenvalue weighted by Crippen LogP contribution is -2.32. The standard InChI is InChI=1S/C30H27N7O/c1-36-16-15-32-28(36)21-12-10-20(11-13-21)27-19-33-29(37(27)2)25(18-23-8-5-6-14-31-23)35-30(38)26-17-22-7-3-4-9-24(22)34-26/h3-17,19,25,34H,18H2,1-2H3,(H,35,38). The Hall–Kier alpha value is -4.98. The van der Waals surface area contributed by atoms with Gasteiger partial charge >= 0.3 is 0 Å². The van der Waals surface area contributed by atoms with Crippen molar-refractivity contribution in [2.75, 3.05) is 0 Å². The van der Waals surface area contributed by atoms with Crippen LogP contribution in [0.2, 0.25) is 0 Å². The third kappa shape index (κ3) is 4.48. The largest absolute Gasteiger partial charge is 0.351 e. The summed E-state index contributed by atoms with van der Waals surface area (Å²) in [7, 11) is 3.96. The van der Waals surface area contributed by atoms with Crippen LogP contribution >= 0.6 is 0 Å². The van der Waals surface area contributed by atoms with E-state index in [4.69, 9.17) is 4.98 Å². The van der Waals surface area contributed by atoms with E-state index in [1.165, 1.54) is 0 Å². The van der Waals surface area contributed by atoms with Crippen molar-refractivity contribution < 1.29 is 4.79 Å². The number of benzene rings is 2. The maximum absolute atomic E-state index is 13.3. The van der Waals surface area contributed by atoms with Crippen LogP contribution in [0.4, 0.5) is 0 Å². The first-order chi connectivity index (χ1) is 18.6. The minimum absolute atomic E-state index is 0.189. The summed E-state index contributed by atoms with van der Waals surface area (Å²) in [5, 5.41) is 4.19. The monoisotopic (exact) mass is 501 g/mol. The molecule has 1 unspecified atom stereocenters. The molecule has 0 saturated carbocycles. The van der Waals surface area contributed by atoms with Crippen molar-refractivity contribution in [2.24, 2.45) is 14.1 Å². The molecule has 4 heterocycles. The average Bonchev–Trinajstić information content (AvgIpc) is 3.67. The fourth-order valence-electron chi connectivity index (χ4n) is 4.82. The van der Waals surface area contributed by atoms with E-state index in [1.807, 2.05) is 84.2 Å². The van der Waals surface area contributed by atoms with Crippen LogP contribution in [0.1, 0.15) is 28.0 Å². The van der Waals surface area contributed by atoms with Gasteiger partial charge in [0.05, 0.1) is 17.9 Å². The second-order valence-electron chi connectivity index (χ2n) is 9.32. The first-order valence-electron chi connectivity index (χ1n) is 12.4. The van der Waals surface area contributed by atoms with E-state index >= 15 is 0 Å². The lowest BCUT2D eigenvalue weighted by atomic mass is 10.1. The summed E-state index contributed by atoms with van der Waals surface area (Å²) in [5.41, 5.74) is 5.34. The highest BCUT2D eigenvalue weighted by Crippen LogP contribution is 2.27. The fourth-order valence-corrected chi connectivity index (χ4v) is 4.82. The summed E-state index contributed by atoms with van der Waals surface area (Å²) >= 11 is 0. The average molecular weight is 502 g/mol. The van der Waals surface area contributed by atoms with Crippen LogP contribution in [0, 0.1) is 0 Å². The number of carbonyl (C=O) groups excluding carboxylic acids is 1. The molecule has 4 aromatic heterocycles. The molecule has 0 spiro atoms. The number of aromatic amines is 1. The maximum atomic E-state index is 13.3. The molecule has 6 rings (SSSR count). The van der Waals surface area contributed by atoms with Gasteiger partial charge in [0.2, 0.25) is 0 Å². The number of amides is 1. The van der Waals surface area contributed by atoms with E-state index in [1.54, 1.807) is 12.4 Å². The summed E-state index contributed by atoms with van der Waals surface area (Å²) in [4.78, 5) is 30.3. The summed E-state index contributed by atoms with van der Waals surface area (Å²) in [6.45, 7) is 0. The molecular formula is C30H27N7O. The van der Waals surface area contributed by atoms with Crippen molar-refractivity contribution >= 4 is 16.8 Å². The minimum Gasteiger partial charge on any atom is -0.351 e. The molecule has 2 N–H and O–H groups in total. The topological polar surface area (TPSA) is 93.4 Å². The third-order valence-electron chi connectivity index (χ3n) is 6.82. The van der Waals surface area contributed by atoms with E-state index in [2.05, 4.69) is 44.5 Å². The Morgan fingerprint density at radius 2 is 1.71 bits per heavy atom. The van der Waals surface area contributed by atoms with Crippen molar-refractivity contribution in [3.05, 3.63) is 115 Å². The summed E-state index contributed by atoms with van der Waals surface area (Å²) in [5.74, 6) is 1.48. The second kappa shape index (κ2) is 9.82. The first-order valence-corrected chi connectivity index (χ1v) is 12.4. The Kier molecular flexibility index (Phi) is 6.05. The number of H-pyrrole nitrogens is 1. The molecule has 188 valence electrons. The number of nitrogens with zero attached hydrogens (tertiary/aromatic N) is 5. The Balaban J connectivity index is 1.31. The zero-order valence-electron chi connectivity index (χ0n) is 21.2. The number of para-hydroxylation sites is 1. The normalized spacial score (nSPS) is 12.1. The quantitative estimate of drug-likeness (QED) is 0.319. The second-order valence-corrected chi connectivity index (χ2v) is 9.32. The predicted molar refractivity (Wildman–Crippen MR) is 147 cm³/mol. The fraction of sp³-hybridized carbons (Fsp3) is 0.133. The smallest absolute Gasteiger partial charge is 0.268 e. The molecule has 38 heavy (non-hydrogen) atoms. The lowest BCUT2D eigenvalue weighted by molar-refractivity contribution is 0.0930. The van der Waals surface area contributed by atoms with Crippen LogP contribution in [-0.2, 0) is 20.5 Å². The molecule has 1 atom stereocenters.